The second-order valence-corrected chi connectivity index (χ2v) is 6.91. The van der Waals surface area contributed by atoms with Gasteiger partial charge in [-0.1, -0.05) is 17.3 Å². The zero-order valence-corrected chi connectivity index (χ0v) is 14.7. The highest BCUT2D eigenvalue weighted by Crippen LogP contribution is 2.38. The van der Waals surface area contributed by atoms with Crippen LogP contribution >= 0.6 is 0 Å². The minimum Gasteiger partial charge on any atom is -0.396 e. The lowest BCUT2D eigenvalue weighted by molar-refractivity contribution is -0.140. The number of benzene rings is 1. The number of nitrogens with zero attached hydrogens (tertiary/aromatic N) is 1. The third-order valence-corrected chi connectivity index (χ3v) is 5.08. The molecule has 1 amide bonds. The van der Waals surface area contributed by atoms with Crippen molar-refractivity contribution < 1.29 is 23.9 Å². The van der Waals surface area contributed by atoms with E-state index in [2.05, 4.69) is 10.5 Å². The number of aliphatic hydroxyl groups excluding tert-OH is 1. The van der Waals surface area contributed by atoms with E-state index in [1.54, 1.807) is 12.1 Å². The standard InChI is InChI=1S/C19H25FN2O4/c20-15-4-2-14(3-5-15)17-12-16(26-22-17)13-19(6-10-25-11-7-19)18(24)21-8-1-9-23/h2-5,16,23H,1,6-13H2,(H,21,24)/t16-/m1/s1. The van der Waals surface area contributed by atoms with Gasteiger partial charge in [-0.3, -0.25) is 4.79 Å². The largest absolute Gasteiger partial charge is 0.396 e. The van der Waals surface area contributed by atoms with Crippen LogP contribution in [0.5, 0.6) is 0 Å². The molecule has 3 rings (SSSR count). The summed E-state index contributed by atoms with van der Waals surface area (Å²) >= 11 is 0. The minimum atomic E-state index is -0.536. The van der Waals surface area contributed by atoms with E-state index in [-0.39, 0.29) is 24.4 Å². The molecule has 142 valence electrons. The van der Waals surface area contributed by atoms with Crippen molar-refractivity contribution >= 4 is 11.6 Å². The maximum atomic E-state index is 13.1. The molecule has 2 heterocycles. The predicted molar refractivity (Wildman–Crippen MR) is 94.2 cm³/mol. The molecule has 0 saturated carbocycles. The van der Waals surface area contributed by atoms with Gasteiger partial charge in [-0.15, -0.1) is 0 Å². The Bertz CT molecular complexity index is 641. The number of oxime groups is 1. The van der Waals surface area contributed by atoms with Crippen molar-refractivity contribution in [1.82, 2.24) is 5.32 Å². The third-order valence-electron chi connectivity index (χ3n) is 5.08. The number of hydrogen-bond donors (Lipinski definition) is 2. The summed E-state index contributed by atoms with van der Waals surface area (Å²) in [5.74, 6) is -0.293. The predicted octanol–water partition coefficient (Wildman–Crippen LogP) is 2.00. The Hall–Kier alpha value is -1.99. The molecule has 2 aliphatic heterocycles. The van der Waals surface area contributed by atoms with Gasteiger partial charge in [-0.2, -0.15) is 0 Å². The van der Waals surface area contributed by atoms with E-state index in [0.717, 1.165) is 11.3 Å². The van der Waals surface area contributed by atoms with E-state index in [1.165, 1.54) is 12.1 Å². The molecule has 2 aliphatic rings. The molecule has 1 fully saturated rings. The molecule has 1 aromatic carbocycles. The van der Waals surface area contributed by atoms with Crippen molar-refractivity contribution in [1.29, 1.82) is 0 Å². The molecule has 7 heteroatoms. The quantitative estimate of drug-likeness (QED) is 0.726. The first kappa shape index (κ1) is 18.8. The zero-order valence-electron chi connectivity index (χ0n) is 14.7. The molecule has 1 atom stereocenters. The van der Waals surface area contributed by atoms with Crippen LogP contribution in [-0.4, -0.2) is 49.2 Å². The molecule has 0 aliphatic carbocycles. The zero-order chi connectivity index (χ0) is 18.4. The SMILES string of the molecule is O=C(NCCCO)C1(C[C@H]2CC(c3ccc(F)cc3)=NO2)CCOCC1. The van der Waals surface area contributed by atoms with Crippen LogP contribution < -0.4 is 5.32 Å². The van der Waals surface area contributed by atoms with Crippen molar-refractivity contribution in [2.24, 2.45) is 10.6 Å². The number of rotatable bonds is 7. The van der Waals surface area contributed by atoms with Gasteiger partial charge in [0, 0.05) is 39.2 Å². The molecule has 1 aromatic rings. The van der Waals surface area contributed by atoms with E-state index >= 15 is 0 Å². The Morgan fingerprint density at radius 1 is 1.31 bits per heavy atom. The van der Waals surface area contributed by atoms with Gasteiger partial charge in [-0.05, 0) is 37.0 Å². The molecule has 1 saturated heterocycles. The fraction of sp³-hybridized carbons (Fsp3) is 0.579. The van der Waals surface area contributed by atoms with Crippen LogP contribution in [0.4, 0.5) is 4.39 Å². The van der Waals surface area contributed by atoms with Gasteiger partial charge < -0.3 is 20.0 Å². The summed E-state index contributed by atoms with van der Waals surface area (Å²) < 4.78 is 18.5. The number of hydrogen-bond acceptors (Lipinski definition) is 5. The number of halogens is 1. The van der Waals surface area contributed by atoms with Crippen LogP contribution in [0.15, 0.2) is 29.4 Å². The molecule has 0 aromatic heterocycles. The lowest BCUT2D eigenvalue weighted by atomic mass is 9.74. The van der Waals surface area contributed by atoms with E-state index in [9.17, 15) is 9.18 Å². The smallest absolute Gasteiger partial charge is 0.226 e. The van der Waals surface area contributed by atoms with Gasteiger partial charge in [0.25, 0.3) is 0 Å². The van der Waals surface area contributed by atoms with Gasteiger partial charge in [0.1, 0.15) is 11.9 Å². The minimum absolute atomic E-state index is 0.00641. The molecule has 0 unspecified atom stereocenters. The number of amides is 1. The second-order valence-electron chi connectivity index (χ2n) is 6.91. The lowest BCUT2D eigenvalue weighted by Crippen LogP contribution is -2.47. The normalized spacial score (nSPS) is 21.8. The highest BCUT2D eigenvalue weighted by molar-refractivity contribution is 6.01. The fourth-order valence-electron chi connectivity index (χ4n) is 3.54. The van der Waals surface area contributed by atoms with Crippen LogP contribution in [0.2, 0.25) is 0 Å². The topological polar surface area (TPSA) is 80.2 Å². The summed E-state index contributed by atoms with van der Waals surface area (Å²) in [7, 11) is 0. The van der Waals surface area contributed by atoms with Gasteiger partial charge in [0.15, 0.2) is 0 Å². The monoisotopic (exact) mass is 364 g/mol. The molecule has 6 nitrogen and oxygen atoms in total. The van der Waals surface area contributed by atoms with E-state index in [1.807, 2.05) is 0 Å². The summed E-state index contributed by atoms with van der Waals surface area (Å²) in [5, 5.41) is 16.0. The van der Waals surface area contributed by atoms with Crippen molar-refractivity contribution in [3.05, 3.63) is 35.6 Å². The Morgan fingerprint density at radius 3 is 2.73 bits per heavy atom. The summed E-state index contributed by atoms with van der Waals surface area (Å²) in [5.41, 5.74) is 1.08. The van der Waals surface area contributed by atoms with Gasteiger partial charge >= 0.3 is 0 Å². The maximum Gasteiger partial charge on any atom is 0.226 e. The van der Waals surface area contributed by atoms with Crippen LogP contribution in [0, 0.1) is 11.2 Å². The van der Waals surface area contributed by atoms with Gasteiger partial charge in [-0.25, -0.2) is 4.39 Å². The number of ether oxygens (including phenoxy) is 1. The maximum absolute atomic E-state index is 13.1. The van der Waals surface area contributed by atoms with E-state index in [0.29, 0.717) is 51.9 Å². The summed E-state index contributed by atoms with van der Waals surface area (Å²) in [6.45, 7) is 1.61. The molecule has 0 bridgehead atoms. The molecule has 0 radical (unpaired) electrons. The highest BCUT2D eigenvalue weighted by atomic mass is 19.1. The van der Waals surface area contributed by atoms with E-state index < -0.39 is 5.41 Å². The summed E-state index contributed by atoms with van der Waals surface area (Å²) in [4.78, 5) is 18.4. The fourth-order valence-corrected chi connectivity index (χ4v) is 3.54. The van der Waals surface area contributed by atoms with Gasteiger partial charge in [0.2, 0.25) is 5.91 Å². The number of carbonyl (C=O) groups is 1. The number of nitrogens with one attached hydrogen (secondary N) is 1. The van der Waals surface area contributed by atoms with Crippen LogP contribution in [0.1, 0.15) is 37.7 Å². The second kappa shape index (κ2) is 8.60. The summed E-state index contributed by atoms with van der Waals surface area (Å²) in [6, 6.07) is 6.18. The molecule has 0 spiro atoms. The molecular weight excluding hydrogens is 339 g/mol. The third kappa shape index (κ3) is 4.40. The van der Waals surface area contributed by atoms with Crippen molar-refractivity contribution in [3.8, 4) is 0 Å². The molecule has 2 N–H and O–H groups in total. The Balaban J connectivity index is 1.63. The van der Waals surface area contributed by atoms with Gasteiger partial charge in [0.05, 0.1) is 11.1 Å². The van der Waals surface area contributed by atoms with Crippen LogP contribution in [0.25, 0.3) is 0 Å². The summed E-state index contributed by atoms with van der Waals surface area (Å²) in [6.07, 6.45) is 2.80. The average Bonchev–Trinajstić information content (AvgIpc) is 3.11. The first-order valence-electron chi connectivity index (χ1n) is 9.08. The van der Waals surface area contributed by atoms with Crippen molar-refractivity contribution in [3.63, 3.8) is 0 Å². The Labute approximate surface area is 152 Å². The first-order chi connectivity index (χ1) is 12.6. The number of carbonyl (C=O) groups excluding carboxylic acids is 1. The molecular formula is C19H25FN2O4. The number of aliphatic hydroxyl groups is 1. The Kier molecular flexibility index (Phi) is 6.21. The van der Waals surface area contributed by atoms with Crippen LogP contribution in [-0.2, 0) is 14.4 Å². The average molecular weight is 364 g/mol. The first-order valence-corrected chi connectivity index (χ1v) is 9.08. The highest BCUT2D eigenvalue weighted by Gasteiger charge is 2.43. The lowest BCUT2D eigenvalue weighted by Gasteiger charge is -2.36. The molecule has 26 heavy (non-hydrogen) atoms. The van der Waals surface area contributed by atoms with Crippen LogP contribution in [0.3, 0.4) is 0 Å². The Morgan fingerprint density at radius 2 is 2.04 bits per heavy atom. The van der Waals surface area contributed by atoms with E-state index in [4.69, 9.17) is 14.7 Å². The van der Waals surface area contributed by atoms with Crippen molar-refractivity contribution in [2.75, 3.05) is 26.4 Å². The van der Waals surface area contributed by atoms with Crippen molar-refractivity contribution in [2.45, 2.75) is 38.2 Å².